The van der Waals surface area contributed by atoms with Gasteiger partial charge in [0.1, 0.15) is 22.3 Å². The van der Waals surface area contributed by atoms with Crippen LogP contribution in [0.1, 0.15) is 5.56 Å². The standard InChI is InChI=1S/C13H6ClFN2O3/c14-12-6-10(1-2-13(12)17(18)19)20-11-4-8(7-16)3-9(15)5-11/h1-6H. The maximum Gasteiger partial charge on any atom is 0.288 e. The third-order valence-electron chi connectivity index (χ3n) is 2.35. The first kappa shape index (κ1) is 13.8. The van der Waals surface area contributed by atoms with Crippen LogP contribution in [-0.4, -0.2) is 4.92 Å². The monoisotopic (exact) mass is 292 g/mol. The zero-order chi connectivity index (χ0) is 14.7. The first-order chi connectivity index (χ1) is 9.49. The largest absolute Gasteiger partial charge is 0.457 e. The Labute approximate surface area is 117 Å². The minimum Gasteiger partial charge on any atom is -0.457 e. The van der Waals surface area contributed by atoms with Crippen LogP contribution in [0.4, 0.5) is 10.1 Å². The third-order valence-corrected chi connectivity index (χ3v) is 2.65. The summed E-state index contributed by atoms with van der Waals surface area (Å²) in [6.45, 7) is 0. The van der Waals surface area contributed by atoms with Crippen LogP contribution in [0.3, 0.4) is 0 Å². The third kappa shape index (κ3) is 3.02. The Morgan fingerprint density at radius 2 is 2.00 bits per heavy atom. The van der Waals surface area contributed by atoms with Crippen LogP contribution in [-0.2, 0) is 0 Å². The molecule has 0 radical (unpaired) electrons. The number of hydrogen-bond donors (Lipinski definition) is 0. The molecule has 2 rings (SSSR count). The lowest BCUT2D eigenvalue weighted by Crippen LogP contribution is -1.91. The van der Waals surface area contributed by atoms with Gasteiger partial charge in [-0.25, -0.2) is 4.39 Å². The number of nitriles is 1. The fraction of sp³-hybridized carbons (Fsp3) is 0. The highest BCUT2D eigenvalue weighted by atomic mass is 35.5. The van der Waals surface area contributed by atoms with Crippen molar-refractivity contribution < 1.29 is 14.1 Å². The molecule has 2 aromatic carbocycles. The first-order valence-electron chi connectivity index (χ1n) is 5.32. The van der Waals surface area contributed by atoms with Gasteiger partial charge in [-0.05, 0) is 18.2 Å². The Hall–Kier alpha value is -2.65. The minimum absolute atomic E-state index is 0.0931. The summed E-state index contributed by atoms with van der Waals surface area (Å²) < 4.78 is 18.5. The average Bonchev–Trinajstić information content (AvgIpc) is 2.37. The molecule has 0 saturated carbocycles. The van der Waals surface area contributed by atoms with Gasteiger partial charge in [0.2, 0.25) is 0 Å². The van der Waals surface area contributed by atoms with Gasteiger partial charge in [-0.1, -0.05) is 11.6 Å². The summed E-state index contributed by atoms with van der Waals surface area (Å²) in [6.07, 6.45) is 0. The fourth-order valence-electron chi connectivity index (χ4n) is 1.52. The molecule has 0 atom stereocenters. The van der Waals surface area contributed by atoms with Crippen LogP contribution in [0.2, 0.25) is 5.02 Å². The number of hydrogen-bond acceptors (Lipinski definition) is 4. The lowest BCUT2D eigenvalue weighted by molar-refractivity contribution is -0.384. The summed E-state index contributed by atoms with van der Waals surface area (Å²) in [5.41, 5.74) is -0.149. The van der Waals surface area contributed by atoms with E-state index in [0.717, 1.165) is 12.1 Å². The molecular weight excluding hydrogens is 287 g/mol. The molecule has 2 aromatic rings. The number of rotatable bonds is 3. The van der Waals surface area contributed by atoms with Gasteiger partial charge in [0, 0.05) is 18.2 Å². The van der Waals surface area contributed by atoms with E-state index in [1.807, 2.05) is 0 Å². The Bertz CT molecular complexity index is 728. The second-order valence-electron chi connectivity index (χ2n) is 3.76. The van der Waals surface area contributed by atoms with Gasteiger partial charge in [-0.3, -0.25) is 10.1 Å². The quantitative estimate of drug-likeness (QED) is 0.631. The van der Waals surface area contributed by atoms with Crippen molar-refractivity contribution in [3.63, 3.8) is 0 Å². The topological polar surface area (TPSA) is 76.2 Å². The zero-order valence-corrected chi connectivity index (χ0v) is 10.6. The molecule has 0 aliphatic carbocycles. The number of ether oxygens (including phenoxy) is 1. The summed E-state index contributed by atoms with van der Waals surface area (Å²) in [7, 11) is 0. The van der Waals surface area contributed by atoms with Crippen LogP contribution in [0.25, 0.3) is 0 Å². The van der Waals surface area contributed by atoms with Crippen molar-refractivity contribution in [1.82, 2.24) is 0 Å². The molecule has 0 unspecified atom stereocenters. The smallest absolute Gasteiger partial charge is 0.288 e. The maximum atomic E-state index is 13.2. The number of halogens is 2. The zero-order valence-electron chi connectivity index (χ0n) is 9.84. The van der Waals surface area contributed by atoms with E-state index in [1.54, 1.807) is 6.07 Å². The SMILES string of the molecule is N#Cc1cc(F)cc(Oc2ccc([N+](=O)[O-])c(Cl)c2)c1. The minimum atomic E-state index is -0.623. The number of nitro groups is 1. The Balaban J connectivity index is 2.31. The number of benzene rings is 2. The predicted octanol–water partition coefficient (Wildman–Crippen LogP) is 4.05. The Morgan fingerprint density at radius 1 is 1.25 bits per heavy atom. The van der Waals surface area contributed by atoms with Crippen molar-refractivity contribution in [3.8, 4) is 17.6 Å². The van der Waals surface area contributed by atoms with E-state index < -0.39 is 10.7 Å². The van der Waals surface area contributed by atoms with Gasteiger partial charge in [0.25, 0.3) is 5.69 Å². The highest BCUT2D eigenvalue weighted by molar-refractivity contribution is 6.32. The van der Waals surface area contributed by atoms with Crippen LogP contribution < -0.4 is 4.74 Å². The van der Waals surface area contributed by atoms with Gasteiger partial charge in [-0.15, -0.1) is 0 Å². The molecule has 0 bridgehead atoms. The van der Waals surface area contributed by atoms with Crippen LogP contribution >= 0.6 is 11.6 Å². The van der Waals surface area contributed by atoms with E-state index in [2.05, 4.69) is 0 Å². The van der Waals surface area contributed by atoms with Crippen molar-refractivity contribution in [2.24, 2.45) is 0 Å². The summed E-state index contributed by atoms with van der Waals surface area (Å²) >= 11 is 5.73. The first-order valence-corrected chi connectivity index (χ1v) is 5.70. The van der Waals surface area contributed by atoms with Crippen LogP contribution in [0.15, 0.2) is 36.4 Å². The van der Waals surface area contributed by atoms with E-state index in [1.165, 1.54) is 24.3 Å². The molecular formula is C13H6ClFN2O3. The van der Waals surface area contributed by atoms with E-state index in [0.29, 0.717) is 0 Å². The summed E-state index contributed by atoms with van der Waals surface area (Å²) in [4.78, 5) is 9.99. The molecule has 0 heterocycles. The number of nitrogens with zero attached hydrogens (tertiary/aromatic N) is 2. The van der Waals surface area contributed by atoms with Crippen LogP contribution in [0, 0.1) is 27.3 Å². The molecule has 0 N–H and O–H groups in total. The fourth-order valence-corrected chi connectivity index (χ4v) is 1.76. The van der Waals surface area contributed by atoms with Gasteiger partial charge in [0.15, 0.2) is 0 Å². The molecule has 0 fully saturated rings. The molecule has 5 nitrogen and oxygen atoms in total. The molecule has 7 heteroatoms. The molecule has 0 amide bonds. The molecule has 100 valence electrons. The molecule has 0 spiro atoms. The summed E-state index contributed by atoms with van der Waals surface area (Å²) in [5, 5.41) is 19.2. The van der Waals surface area contributed by atoms with Gasteiger partial charge < -0.3 is 4.74 Å². The molecule has 0 saturated heterocycles. The van der Waals surface area contributed by atoms with Gasteiger partial charge in [-0.2, -0.15) is 5.26 Å². The van der Waals surface area contributed by atoms with Gasteiger partial charge >= 0.3 is 0 Å². The van der Waals surface area contributed by atoms with Crippen molar-refractivity contribution in [2.75, 3.05) is 0 Å². The second kappa shape index (κ2) is 5.55. The summed E-state index contributed by atoms with van der Waals surface area (Å²) in [6, 6.07) is 9.06. The lowest BCUT2D eigenvalue weighted by Gasteiger charge is -2.06. The van der Waals surface area contributed by atoms with E-state index in [9.17, 15) is 14.5 Å². The van der Waals surface area contributed by atoms with E-state index in [4.69, 9.17) is 21.6 Å². The lowest BCUT2D eigenvalue weighted by atomic mass is 10.2. The van der Waals surface area contributed by atoms with Crippen molar-refractivity contribution >= 4 is 17.3 Å². The normalized spacial score (nSPS) is 9.85. The highest BCUT2D eigenvalue weighted by Crippen LogP contribution is 2.31. The second-order valence-corrected chi connectivity index (χ2v) is 4.17. The number of nitro benzene ring substituents is 1. The maximum absolute atomic E-state index is 13.2. The van der Waals surface area contributed by atoms with Crippen molar-refractivity contribution in [1.29, 1.82) is 5.26 Å². The molecule has 20 heavy (non-hydrogen) atoms. The molecule has 0 aliphatic heterocycles. The average molecular weight is 293 g/mol. The highest BCUT2D eigenvalue weighted by Gasteiger charge is 2.13. The Kier molecular flexibility index (Phi) is 3.82. The Morgan fingerprint density at radius 3 is 2.60 bits per heavy atom. The summed E-state index contributed by atoms with van der Waals surface area (Å²) in [5.74, 6) is -0.311. The van der Waals surface area contributed by atoms with Crippen molar-refractivity contribution in [2.45, 2.75) is 0 Å². The molecule has 0 aliphatic rings. The van der Waals surface area contributed by atoms with E-state index in [-0.39, 0.29) is 27.8 Å². The van der Waals surface area contributed by atoms with Crippen molar-refractivity contribution in [3.05, 3.63) is 62.9 Å². The predicted molar refractivity (Wildman–Crippen MR) is 69.3 cm³/mol. The molecule has 0 aromatic heterocycles. The van der Waals surface area contributed by atoms with E-state index >= 15 is 0 Å². The van der Waals surface area contributed by atoms with Crippen LogP contribution in [0.5, 0.6) is 11.5 Å². The van der Waals surface area contributed by atoms with Gasteiger partial charge in [0.05, 0.1) is 16.6 Å².